The molecule has 7 rings (SSSR count). The molecule has 3 aromatic rings. The Hall–Kier alpha value is -3.50. The van der Waals surface area contributed by atoms with E-state index < -0.39 is 0 Å². The second kappa shape index (κ2) is 9.11. The van der Waals surface area contributed by atoms with Crippen molar-refractivity contribution in [1.29, 1.82) is 0 Å². The Kier molecular flexibility index (Phi) is 5.58. The highest BCUT2D eigenvalue weighted by Gasteiger charge is 2.43. The molecule has 2 N–H and O–H groups in total. The molecule has 0 saturated carbocycles. The van der Waals surface area contributed by atoms with E-state index in [1.807, 2.05) is 30.5 Å². The predicted octanol–water partition coefficient (Wildman–Crippen LogP) is 2.63. The number of carbonyl (C=O) groups is 1. The Labute approximate surface area is 214 Å². The second-order valence-electron chi connectivity index (χ2n) is 10.4. The van der Waals surface area contributed by atoms with Crippen LogP contribution in [0.25, 0.3) is 11.0 Å². The zero-order valence-corrected chi connectivity index (χ0v) is 20.8. The zero-order valence-electron chi connectivity index (χ0n) is 20.8. The van der Waals surface area contributed by atoms with Crippen LogP contribution in [0.4, 0.5) is 5.82 Å². The number of amides is 1. The van der Waals surface area contributed by atoms with E-state index >= 15 is 0 Å². The van der Waals surface area contributed by atoms with E-state index in [1.165, 1.54) is 12.8 Å². The highest BCUT2D eigenvalue weighted by molar-refractivity contribution is 5.94. The summed E-state index contributed by atoms with van der Waals surface area (Å²) in [5.41, 5.74) is 3.84. The van der Waals surface area contributed by atoms with Crippen LogP contribution >= 0.6 is 0 Å². The Morgan fingerprint density at radius 3 is 2.81 bits per heavy atom. The number of aromatic nitrogens is 3. The normalized spacial score (nSPS) is 26.2. The van der Waals surface area contributed by atoms with Crippen molar-refractivity contribution in [3.8, 4) is 17.4 Å². The fourth-order valence-corrected chi connectivity index (χ4v) is 6.44. The fourth-order valence-electron chi connectivity index (χ4n) is 6.44. The molecule has 37 heavy (non-hydrogen) atoms. The summed E-state index contributed by atoms with van der Waals surface area (Å²) in [5, 5.41) is 6.52. The molecule has 4 atom stereocenters. The van der Waals surface area contributed by atoms with Crippen molar-refractivity contribution >= 4 is 22.8 Å². The number of methoxy groups -OCH3 is 1. The SMILES string of the molecule is COc1ccc2ncc3c(c2n1)C(CN1[C@@H]2CC[C@H]1C[C@H](NCc1ccc4c(n1)NC(=O)CO4)C2)CO3. The van der Waals surface area contributed by atoms with Crippen LogP contribution in [0.1, 0.15) is 42.9 Å². The average molecular weight is 503 g/mol. The van der Waals surface area contributed by atoms with Crippen molar-refractivity contribution in [3.63, 3.8) is 0 Å². The number of hydrogen-bond donors (Lipinski definition) is 2. The number of hydrogen-bond acceptors (Lipinski definition) is 9. The topological polar surface area (TPSA) is 111 Å². The van der Waals surface area contributed by atoms with Crippen LogP contribution in [-0.4, -0.2) is 70.8 Å². The summed E-state index contributed by atoms with van der Waals surface area (Å²) in [7, 11) is 1.64. The Morgan fingerprint density at radius 1 is 1.11 bits per heavy atom. The van der Waals surface area contributed by atoms with Crippen LogP contribution in [-0.2, 0) is 11.3 Å². The maximum Gasteiger partial charge on any atom is 0.263 e. The predicted molar refractivity (Wildman–Crippen MR) is 136 cm³/mol. The summed E-state index contributed by atoms with van der Waals surface area (Å²) >= 11 is 0. The molecule has 1 amide bonds. The monoisotopic (exact) mass is 502 g/mol. The summed E-state index contributed by atoms with van der Waals surface area (Å²) in [6.45, 7) is 2.35. The minimum absolute atomic E-state index is 0.0456. The van der Waals surface area contributed by atoms with E-state index in [1.54, 1.807) is 7.11 Å². The summed E-state index contributed by atoms with van der Waals surface area (Å²) in [6.07, 6.45) is 6.53. The van der Waals surface area contributed by atoms with Gasteiger partial charge in [-0.05, 0) is 43.9 Å². The van der Waals surface area contributed by atoms with Crippen LogP contribution in [0, 0.1) is 0 Å². The largest absolute Gasteiger partial charge is 0.491 e. The number of rotatable bonds is 6. The first-order chi connectivity index (χ1) is 18.1. The van der Waals surface area contributed by atoms with Crippen LogP contribution < -0.4 is 24.8 Å². The van der Waals surface area contributed by atoms with E-state index in [9.17, 15) is 4.79 Å². The molecule has 0 aliphatic carbocycles. The first kappa shape index (κ1) is 22.7. The second-order valence-corrected chi connectivity index (χ2v) is 10.4. The summed E-state index contributed by atoms with van der Waals surface area (Å²) in [6, 6.07) is 9.23. The number of piperidine rings is 1. The van der Waals surface area contributed by atoms with Gasteiger partial charge in [0.15, 0.2) is 18.2 Å². The van der Waals surface area contributed by atoms with Crippen LogP contribution in [0.15, 0.2) is 30.5 Å². The summed E-state index contributed by atoms with van der Waals surface area (Å²) < 4.78 is 16.9. The molecular weight excluding hydrogens is 472 g/mol. The van der Waals surface area contributed by atoms with Gasteiger partial charge in [0, 0.05) is 48.8 Å². The summed E-state index contributed by atoms with van der Waals surface area (Å²) in [5.74, 6) is 2.70. The molecule has 0 aromatic carbocycles. The molecule has 10 nitrogen and oxygen atoms in total. The van der Waals surface area contributed by atoms with Gasteiger partial charge in [0.05, 0.1) is 31.1 Å². The molecular formula is C27H30N6O4. The molecule has 4 aliphatic heterocycles. The highest BCUT2D eigenvalue weighted by atomic mass is 16.5. The molecule has 2 saturated heterocycles. The molecule has 4 aliphatic rings. The first-order valence-electron chi connectivity index (χ1n) is 13.0. The number of nitrogens with one attached hydrogen (secondary N) is 2. The van der Waals surface area contributed by atoms with Crippen LogP contribution in [0.3, 0.4) is 0 Å². The summed E-state index contributed by atoms with van der Waals surface area (Å²) in [4.78, 5) is 28.2. The van der Waals surface area contributed by atoms with Gasteiger partial charge in [0.2, 0.25) is 5.88 Å². The van der Waals surface area contributed by atoms with Crippen LogP contribution in [0.2, 0.25) is 0 Å². The van der Waals surface area contributed by atoms with Crippen molar-refractivity contribution in [2.75, 3.05) is 32.2 Å². The average Bonchev–Trinajstić information content (AvgIpc) is 3.43. The fraction of sp³-hybridized carbons (Fsp3) is 0.481. The number of nitrogens with zero attached hydrogens (tertiary/aromatic N) is 4. The van der Waals surface area contributed by atoms with Gasteiger partial charge in [-0.25, -0.2) is 9.97 Å². The molecule has 2 fully saturated rings. The molecule has 192 valence electrons. The number of ether oxygens (including phenoxy) is 3. The maximum absolute atomic E-state index is 11.6. The highest BCUT2D eigenvalue weighted by Crippen LogP contribution is 2.42. The standard InChI is InChI=1S/C27H30N6O4/c1-35-24-7-5-20-26(32-24)25-15(13-36-22(25)11-29-20)12-33-18-3-4-19(33)9-17(8-18)28-10-16-2-6-21-27(30-16)31-23(34)14-37-21/h2,5-7,11,15,17-19,28H,3-4,8-10,12-14H2,1H3,(H,30,31,34)/t15?,17-,18-,19+. The maximum atomic E-state index is 11.6. The van der Waals surface area contributed by atoms with Crippen molar-refractivity contribution in [3.05, 3.63) is 41.7 Å². The number of anilines is 1. The van der Waals surface area contributed by atoms with E-state index in [0.29, 0.717) is 48.7 Å². The molecule has 10 heteroatoms. The van der Waals surface area contributed by atoms with Gasteiger partial charge in [-0.3, -0.25) is 14.7 Å². The first-order valence-corrected chi connectivity index (χ1v) is 13.0. The third kappa shape index (κ3) is 4.14. The van der Waals surface area contributed by atoms with Crippen molar-refractivity contribution in [2.24, 2.45) is 0 Å². The van der Waals surface area contributed by atoms with Crippen molar-refractivity contribution in [2.45, 2.75) is 56.3 Å². The lowest BCUT2D eigenvalue weighted by atomic mass is 9.93. The van der Waals surface area contributed by atoms with Gasteiger partial charge >= 0.3 is 0 Å². The number of carbonyl (C=O) groups excluding carboxylic acids is 1. The van der Waals surface area contributed by atoms with Gasteiger partial charge in [-0.2, -0.15) is 0 Å². The quantitative estimate of drug-likeness (QED) is 0.525. The molecule has 1 unspecified atom stereocenters. The minimum Gasteiger partial charge on any atom is -0.491 e. The molecule has 2 bridgehead atoms. The Balaban J connectivity index is 1.02. The Morgan fingerprint density at radius 2 is 1.97 bits per heavy atom. The van der Waals surface area contributed by atoms with Gasteiger partial charge in [0.1, 0.15) is 11.3 Å². The molecule has 0 radical (unpaired) electrons. The minimum atomic E-state index is -0.163. The lowest BCUT2D eigenvalue weighted by Crippen LogP contribution is -2.50. The van der Waals surface area contributed by atoms with Gasteiger partial charge in [-0.1, -0.05) is 0 Å². The lowest BCUT2D eigenvalue weighted by Gasteiger charge is -2.40. The third-order valence-corrected chi connectivity index (χ3v) is 8.17. The van der Waals surface area contributed by atoms with E-state index in [4.69, 9.17) is 19.2 Å². The van der Waals surface area contributed by atoms with Gasteiger partial charge in [0.25, 0.3) is 5.91 Å². The third-order valence-electron chi connectivity index (χ3n) is 8.17. The number of pyridine rings is 3. The lowest BCUT2D eigenvalue weighted by molar-refractivity contribution is -0.118. The van der Waals surface area contributed by atoms with E-state index in [-0.39, 0.29) is 18.4 Å². The van der Waals surface area contributed by atoms with Gasteiger partial charge < -0.3 is 24.8 Å². The van der Waals surface area contributed by atoms with Crippen molar-refractivity contribution in [1.82, 2.24) is 25.2 Å². The molecule has 7 heterocycles. The zero-order chi connectivity index (χ0) is 24.9. The molecule has 3 aromatic heterocycles. The van der Waals surface area contributed by atoms with Gasteiger partial charge in [-0.15, -0.1) is 0 Å². The van der Waals surface area contributed by atoms with E-state index in [0.717, 1.165) is 47.4 Å². The van der Waals surface area contributed by atoms with Crippen molar-refractivity contribution < 1.29 is 19.0 Å². The molecule has 0 spiro atoms. The van der Waals surface area contributed by atoms with E-state index in [2.05, 4.69) is 25.5 Å². The van der Waals surface area contributed by atoms with Crippen LogP contribution in [0.5, 0.6) is 17.4 Å². The smallest absolute Gasteiger partial charge is 0.263 e. The number of fused-ring (bicyclic) bond motifs is 6. The Bertz CT molecular complexity index is 1350.